The summed E-state index contributed by atoms with van der Waals surface area (Å²) in [5.41, 5.74) is 0. The molecule has 0 fully saturated rings. The highest BCUT2D eigenvalue weighted by molar-refractivity contribution is 7.15. The summed E-state index contributed by atoms with van der Waals surface area (Å²) in [5.74, 6) is 0. The van der Waals surface area contributed by atoms with Crippen molar-refractivity contribution in [1.82, 2.24) is 0 Å². The van der Waals surface area contributed by atoms with Gasteiger partial charge in [0.1, 0.15) is 0 Å². The zero-order valence-electron chi connectivity index (χ0n) is 13.9. The highest BCUT2D eigenvalue weighted by Gasteiger charge is 1.97. The Balaban J connectivity index is 1.39. The molecular formula is C22H16S4. The minimum atomic E-state index is 1.28. The van der Waals surface area contributed by atoms with Crippen molar-refractivity contribution in [2.75, 3.05) is 0 Å². The molecule has 4 aromatic rings. The number of thiophene rings is 4. The predicted molar refractivity (Wildman–Crippen MR) is 124 cm³/mol. The molecule has 0 amide bonds. The van der Waals surface area contributed by atoms with Gasteiger partial charge in [-0.2, -0.15) is 0 Å². The summed E-state index contributed by atoms with van der Waals surface area (Å²) >= 11 is 7.15. The molecule has 0 aliphatic rings. The van der Waals surface area contributed by atoms with Gasteiger partial charge in [-0.05, 0) is 83.6 Å². The van der Waals surface area contributed by atoms with E-state index < -0.39 is 0 Å². The van der Waals surface area contributed by atoms with Crippen LogP contribution in [0.4, 0.5) is 0 Å². The van der Waals surface area contributed by atoms with E-state index in [0.29, 0.717) is 0 Å². The Hall–Kier alpha value is -1.98. The van der Waals surface area contributed by atoms with E-state index in [2.05, 4.69) is 95.7 Å². The lowest BCUT2D eigenvalue weighted by Crippen LogP contribution is -1.58. The van der Waals surface area contributed by atoms with Gasteiger partial charge in [-0.3, -0.25) is 0 Å². The van der Waals surface area contributed by atoms with Gasteiger partial charge in [0, 0.05) is 29.3 Å². The fourth-order valence-electron chi connectivity index (χ4n) is 2.36. The van der Waals surface area contributed by atoms with Gasteiger partial charge in [-0.1, -0.05) is 12.1 Å². The van der Waals surface area contributed by atoms with Crippen LogP contribution in [0.15, 0.2) is 59.3 Å². The van der Waals surface area contributed by atoms with Crippen molar-refractivity contribution >= 4 is 81.8 Å². The van der Waals surface area contributed by atoms with Crippen molar-refractivity contribution < 1.29 is 0 Å². The average Bonchev–Trinajstić information content (AvgIpc) is 3.46. The second-order valence-electron chi connectivity index (χ2n) is 5.51. The third kappa shape index (κ3) is 4.80. The first-order valence-corrected chi connectivity index (χ1v) is 11.6. The zero-order chi connectivity index (χ0) is 17.6. The van der Waals surface area contributed by atoms with Crippen LogP contribution < -0.4 is 0 Å². The van der Waals surface area contributed by atoms with E-state index in [1.807, 2.05) is 22.7 Å². The first kappa shape index (κ1) is 17.4. The van der Waals surface area contributed by atoms with Crippen molar-refractivity contribution in [3.63, 3.8) is 0 Å². The third-order valence-electron chi connectivity index (χ3n) is 3.62. The van der Waals surface area contributed by atoms with Crippen LogP contribution in [-0.2, 0) is 0 Å². The van der Waals surface area contributed by atoms with Crippen LogP contribution in [0.1, 0.15) is 29.3 Å². The second-order valence-corrected chi connectivity index (χ2v) is 9.76. The molecule has 0 N–H and O–H groups in total. The summed E-state index contributed by atoms with van der Waals surface area (Å²) in [6.45, 7) is 0. The predicted octanol–water partition coefficient (Wildman–Crippen LogP) is 8.44. The topological polar surface area (TPSA) is 0 Å². The van der Waals surface area contributed by atoms with E-state index in [9.17, 15) is 0 Å². The summed E-state index contributed by atoms with van der Waals surface area (Å²) in [4.78, 5) is 7.70. The van der Waals surface area contributed by atoms with Gasteiger partial charge in [0.25, 0.3) is 0 Å². The molecule has 0 spiro atoms. The lowest BCUT2D eigenvalue weighted by molar-refractivity contribution is 1.90. The molecule has 0 saturated heterocycles. The molecule has 4 heterocycles. The van der Waals surface area contributed by atoms with Crippen LogP contribution >= 0.6 is 45.3 Å². The van der Waals surface area contributed by atoms with Gasteiger partial charge in [0.2, 0.25) is 0 Å². The maximum Gasteiger partial charge on any atom is 0.0277 e. The van der Waals surface area contributed by atoms with Crippen LogP contribution in [0.25, 0.3) is 36.5 Å². The molecule has 26 heavy (non-hydrogen) atoms. The molecule has 0 nitrogen and oxygen atoms in total. The molecule has 4 rings (SSSR count). The van der Waals surface area contributed by atoms with Gasteiger partial charge in [-0.15, -0.1) is 45.3 Å². The molecule has 0 unspecified atom stereocenters. The molecule has 0 atom stereocenters. The van der Waals surface area contributed by atoms with E-state index in [1.54, 1.807) is 22.7 Å². The highest BCUT2D eigenvalue weighted by atomic mass is 32.1. The molecule has 128 valence electrons. The van der Waals surface area contributed by atoms with Crippen LogP contribution in [0, 0.1) is 0 Å². The quantitative estimate of drug-likeness (QED) is 0.300. The lowest BCUT2D eigenvalue weighted by atomic mass is 10.3. The molecule has 0 aromatic carbocycles. The fourth-order valence-corrected chi connectivity index (χ4v) is 5.23. The Labute approximate surface area is 169 Å². The third-order valence-corrected chi connectivity index (χ3v) is 7.32. The lowest BCUT2D eigenvalue weighted by Gasteiger charge is -1.86. The van der Waals surface area contributed by atoms with Crippen molar-refractivity contribution in [3.05, 3.63) is 88.6 Å². The number of hydrogen-bond donors (Lipinski definition) is 0. The normalized spacial score (nSPS) is 12.2. The van der Waals surface area contributed by atoms with Gasteiger partial charge in [0.15, 0.2) is 0 Å². The van der Waals surface area contributed by atoms with Crippen LogP contribution in [0.2, 0.25) is 0 Å². The van der Waals surface area contributed by atoms with Crippen LogP contribution in [0.3, 0.4) is 0 Å². The van der Waals surface area contributed by atoms with Crippen molar-refractivity contribution in [2.24, 2.45) is 0 Å². The number of rotatable bonds is 6. The summed E-state index contributed by atoms with van der Waals surface area (Å²) in [5, 5.41) is 4.21. The molecule has 0 aliphatic carbocycles. The minimum Gasteiger partial charge on any atom is -0.144 e. The maximum atomic E-state index is 2.20. The first-order valence-electron chi connectivity index (χ1n) is 8.16. The number of hydrogen-bond acceptors (Lipinski definition) is 4. The van der Waals surface area contributed by atoms with Gasteiger partial charge >= 0.3 is 0 Å². The smallest absolute Gasteiger partial charge is 0.0277 e. The van der Waals surface area contributed by atoms with Crippen molar-refractivity contribution in [3.8, 4) is 0 Å². The molecule has 4 aromatic heterocycles. The zero-order valence-corrected chi connectivity index (χ0v) is 17.1. The molecular weight excluding hydrogens is 393 g/mol. The van der Waals surface area contributed by atoms with E-state index in [-0.39, 0.29) is 0 Å². The van der Waals surface area contributed by atoms with Crippen LogP contribution in [0.5, 0.6) is 0 Å². The summed E-state index contributed by atoms with van der Waals surface area (Å²) in [6.07, 6.45) is 13.1. The Bertz CT molecular complexity index is 937. The van der Waals surface area contributed by atoms with Crippen LogP contribution in [-0.4, -0.2) is 0 Å². The largest absolute Gasteiger partial charge is 0.144 e. The Morgan fingerprint density at radius 3 is 1.08 bits per heavy atom. The molecule has 4 heteroatoms. The summed E-state index contributed by atoms with van der Waals surface area (Å²) in [6, 6.07) is 17.2. The maximum absolute atomic E-state index is 2.20. The Kier molecular flexibility index (Phi) is 5.77. The molecule has 0 aliphatic heterocycles. The summed E-state index contributed by atoms with van der Waals surface area (Å²) < 4.78 is 0. The highest BCUT2D eigenvalue weighted by Crippen LogP contribution is 2.25. The SMILES string of the molecule is C(=C\c1ccc(/C=C/c2ccc(/C=C/c3cccs3)s2)s1)/c1cccs1. The van der Waals surface area contributed by atoms with Crippen molar-refractivity contribution in [2.45, 2.75) is 0 Å². The van der Waals surface area contributed by atoms with Gasteiger partial charge in [-0.25, -0.2) is 0 Å². The van der Waals surface area contributed by atoms with E-state index in [1.165, 1.54) is 29.3 Å². The summed E-state index contributed by atoms with van der Waals surface area (Å²) in [7, 11) is 0. The minimum absolute atomic E-state index is 1.28. The van der Waals surface area contributed by atoms with E-state index in [4.69, 9.17) is 0 Å². The van der Waals surface area contributed by atoms with Gasteiger partial charge in [0.05, 0.1) is 0 Å². The molecule has 0 saturated carbocycles. The second kappa shape index (κ2) is 8.60. The Morgan fingerprint density at radius 2 is 0.769 bits per heavy atom. The van der Waals surface area contributed by atoms with E-state index >= 15 is 0 Å². The fraction of sp³-hybridized carbons (Fsp3) is 0. The van der Waals surface area contributed by atoms with E-state index in [0.717, 1.165) is 0 Å². The standard InChI is InChI=1S/C22H16S4/c1-3-17(23-15-1)5-7-19-9-11-21(25-19)13-14-22-12-10-20(26-22)8-6-18-4-2-16-24-18/h1-16H/b7-5+,8-6+,14-13+. The molecule has 0 bridgehead atoms. The monoisotopic (exact) mass is 408 g/mol. The first-order chi connectivity index (χ1) is 12.8. The van der Waals surface area contributed by atoms with Crippen molar-refractivity contribution in [1.29, 1.82) is 0 Å². The molecule has 0 radical (unpaired) electrons. The average molecular weight is 409 g/mol. The van der Waals surface area contributed by atoms with Gasteiger partial charge < -0.3 is 0 Å². The Morgan fingerprint density at radius 1 is 0.423 bits per heavy atom.